The molecule has 1 radical (unpaired) electrons. The molecule has 2 aliphatic rings. The minimum atomic E-state index is 0.812. The van der Waals surface area contributed by atoms with E-state index in [0.29, 0.717) is 0 Å². The fourth-order valence-electron chi connectivity index (χ4n) is 3.58. The molecule has 23 heavy (non-hydrogen) atoms. The van der Waals surface area contributed by atoms with Gasteiger partial charge in [0.05, 0.1) is 5.69 Å². The minimum absolute atomic E-state index is 0.812. The van der Waals surface area contributed by atoms with E-state index in [4.69, 9.17) is 16.6 Å². The standard InChI is InChI=1S/C19H17BrClN2/c20-15-9-14-2-1-13-10-16(21)3-4-17(13)18(19(14)23-11-15)12-5-7-22-8-6-12/h3-4,9-11H,1-2,5-8H2. The Morgan fingerprint density at radius 1 is 0.957 bits per heavy atom. The predicted octanol–water partition coefficient (Wildman–Crippen LogP) is 4.80. The van der Waals surface area contributed by atoms with Gasteiger partial charge >= 0.3 is 0 Å². The summed E-state index contributed by atoms with van der Waals surface area (Å²) in [7, 11) is 0. The van der Waals surface area contributed by atoms with Crippen LogP contribution in [0, 0.1) is 0 Å². The molecule has 1 aromatic heterocycles. The summed E-state index contributed by atoms with van der Waals surface area (Å²) < 4.78 is 1.04. The Morgan fingerprint density at radius 3 is 2.57 bits per heavy atom. The molecule has 0 saturated carbocycles. The molecule has 0 amide bonds. The highest BCUT2D eigenvalue weighted by Gasteiger charge is 2.23. The first-order valence-corrected chi connectivity index (χ1v) is 9.18. The average molecular weight is 389 g/mol. The summed E-state index contributed by atoms with van der Waals surface area (Å²) in [5, 5.41) is 5.31. The van der Waals surface area contributed by atoms with Crippen LogP contribution in [0.25, 0.3) is 5.57 Å². The molecule has 1 fully saturated rings. The number of nitrogens with zero attached hydrogens (tertiary/aromatic N) is 2. The number of halogens is 2. The van der Waals surface area contributed by atoms with Crippen molar-refractivity contribution in [1.82, 2.24) is 10.3 Å². The zero-order chi connectivity index (χ0) is 15.8. The molecule has 0 atom stereocenters. The van der Waals surface area contributed by atoms with Crippen molar-refractivity contribution in [3.63, 3.8) is 0 Å². The number of pyridine rings is 1. The number of piperidine rings is 1. The van der Waals surface area contributed by atoms with Crippen LogP contribution in [0.15, 0.2) is 40.5 Å². The Hall–Kier alpha value is -1.16. The van der Waals surface area contributed by atoms with Crippen LogP contribution < -0.4 is 5.32 Å². The molecule has 2 heterocycles. The first-order valence-electron chi connectivity index (χ1n) is 8.01. The van der Waals surface area contributed by atoms with Gasteiger partial charge in [-0.3, -0.25) is 4.98 Å². The molecular formula is C19H17BrClN2. The van der Waals surface area contributed by atoms with Crippen LogP contribution in [0.4, 0.5) is 0 Å². The maximum Gasteiger partial charge on any atom is 0.0740 e. The van der Waals surface area contributed by atoms with Gasteiger partial charge in [0.2, 0.25) is 0 Å². The van der Waals surface area contributed by atoms with Gasteiger partial charge in [-0.2, -0.15) is 0 Å². The molecule has 2 aromatic rings. The van der Waals surface area contributed by atoms with Gasteiger partial charge in [0, 0.05) is 34.4 Å². The molecule has 1 aliphatic carbocycles. The number of benzene rings is 1. The van der Waals surface area contributed by atoms with Gasteiger partial charge in [0.15, 0.2) is 0 Å². The summed E-state index contributed by atoms with van der Waals surface area (Å²) in [6.45, 7) is 1.85. The zero-order valence-corrected chi connectivity index (χ0v) is 15.1. The number of rotatable bonds is 0. The zero-order valence-electron chi connectivity index (χ0n) is 12.8. The van der Waals surface area contributed by atoms with Crippen molar-refractivity contribution in [3.8, 4) is 0 Å². The molecule has 0 bridgehead atoms. The van der Waals surface area contributed by atoms with Crippen molar-refractivity contribution in [2.24, 2.45) is 0 Å². The van der Waals surface area contributed by atoms with Crippen LogP contribution >= 0.6 is 27.5 Å². The molecule has 0 N–H and O–H groups in total. The maximum absolute atomic E-state index is 6.25. The van der Waals surface area contributed by atoms with E-state index in [9.17, 15) is 0 Å². The van der Waals surface area contributed by atoms with E-state index in [2.05, 4.69) is 39.4 Å². The smallest absolute Gasteiger partial charge is 0.0740 e. The van der Waals surface area contributed by atoms with Gasteiger partial charge in [0.1, 0.15) is 0 Å². The summed E-state index contributed by atoms with van der Waals surface area (Å²) in [5.74, 6) is 0. The summed E-state index contributed by atoms with van der Waals surface area (Å²) in [6.07, 6.45) is 5.98. The fraction of sp³-hybridized carbons (Fsp3) is 0.316. The molecule has 1 aromatic carbocycles. The molecule has 0 unspecified atom stereocenters. The SMILES string of the molecule is Clc1ccc2c(c1)CCc1cc(Br)cnc1C2=C1CC[N]CC1. The first-order chi connectivity index (χ1) is 11.2. The van der Waals surface area contributed by atoms with Crippen LogP contribution in [-0.4, -0.2) is 18.1 Å². The lowest BCUT2D eigenvalue weighted by molar-refractivity contribution is 0.599. The van der Waals surface area contributed by atoms with E-state index < -0.39 is 0 Å². The molecule has 4 rings (SSSR count). The van der Waals surface area contributed by atoms with Crippen molar-refractivity contribution in [2.75, 3.05) is 13.1 Å². The molecule has 0 spiro atoms. The Bertz CT molecular complexity index is 734. The molecule has 1 aliphatic heterocycles. The normalized spacial score (nSPS) is 17.5. The summed E-state index contributed by atoms with van der Waals surface area (Å²) in [6, 6.07) is 8.50. The van der Waals surface area contributed by atoms with Crippen molar-refractivity contribution in [2.45, 2.75) is 25.7 Å². The van der Waals surface area contributed by atoms with Crippen molar-refractivity contribution >= 4 is 33.1 Å². The fourth-order valence-corrected chi connectivity index (χ4v) is 4.15. The predicted molar refractivity (Wildman–Crippen MR) is 97.9 cm³/mol. The maximum atomic E-state index is 6.25. The number of hydrogen-bond acceptors (Lipinski definition) is 1. The average Bonchev–Trinajstić information content (AvgIpc) is 2.72. The summed E-state index contributed by atoms with van der Waals surface area (Å²) >= 11 is 9.81. The topological polar surface area (TPSA) is 27.0 Å². The van der Waals surface area contributed by atoms with E-state index in [-0.39, 0.29) is 0 Å². The molecule has 117 valence electrons. The van der Waals surface area contributed by atoms with Crippen LogP contribution in [0.5, 0.6) is 0 Å². The highest BCUT2D eigenvalue weighted by Crippen LogP contribution is 2.38. The lowest BCUT2D eigenvalue weighted by Gasteiger charge is -2.21. The Labute approximate surface area is 150 Å². The second kappa shape index (κ2) is 6.39. The molecule has 4 heteroatoms. The van der Waals surface area contributed by atoms with Crippen molar-refractivity contribution < 1.29 is 0 Å². The first kappa shape index (κ1) is 15.4. The second-order valence-corrected chi connectivity index (χ2v) is 7.46. The van der Waals surface area contributed by atoms with Gasteiger partial charge < -0.3 is 0 Å². The Balaban J connectivity index is 1.98. The molecule has 2 nitrogen and oxygen atoms in total. The van der Waals surface area contributed by atoms with Gasteiger partial charge in [-0.05, 0) is 76.5 Å². The second-order valence-electron chi connectivity index (χ2n) is 6.11. The van der Waals surface area contributed by atoms with E-state index in [1.807, 2.05) is 12.3 Å². The highest BCUT2D eigenvalue weighted by atomic mass is 79.9. The van der Waals surface area contributed by atoms with E-state index in [1.165, 1.54) is 27.8 Å². The summed E-state index contributed by atoms with van der Waals surface area (Å²) in [4.78, 5) is 4.79. The van der Waals surface area contributed by atoms with E-state index in [0.717, 1.165) is 54.0 Å². The third kappa shape index (κ3) is 2.98. The Kier molecular flexibility index (Phi) is 4.27. The number of hydrogen-bond donors (Lipinski definition) is 0. The number of aryl methyl sites for hydroxylation is 2. The largest absolute Gasteiger partial charge is 0.255 e. The number of fused-ring (bicyclic) bond motifs is 2. The van der Waals surface area contributed by atoms with E-state index >= 15 is 0 Å². The van der Waals surface area contributed by atoms with Crippen molar-refractivity contribution in [1.29, 1.82) is 0 Å². The Morgan fingerprint density at radius 2 is 1.74 bits per heavy atom. The van der Waals surface area contributed by atoms with Crippen LogP contribution in [0.2, 0.25) is 5.02 Å². The minimum Gasteiger partial charge on any atom is -0.255 e. The van der Waals surface area contributed by atoms with Crippen LogP contribution in [-0.2, 0) is 12.8 Å². The van der Waals surface area contributed by atoms with Gasteiger partial charge in [-0.15, -0.1) is 0 Å². The van der Waals surface area contributed by atoms with Crippen LogP contribution in [0.3, 0.4) is 0 Å². The monoisotopic (exact) mass is 387 g/mol. The highest BCUT2D eigenvalue weighted by molar-refractivity contribution is 9.10. The lowest BCUT2D eigenvalue weighted by Crippen LogP contribution is -2.18. The third-order valence-corrected chi connectivity index (χ3v) is 5.34. The van der Waals surface area contributed by atoms with Gasteiger partial charge in [0.25, 0.3) is 0 Å². The van der Waals surface area contributed by atoms with E-state index in [1.54, 1.807) is 0 Å². The molecular weight excluding hydrogens is 372 g/mol. The third-order valence-electron chi connectivity index (χ3n) is 4.67. The quantitative estimate of drug-likeness (QED) is 0.637. The lowest BCUT2D eigenvalue weighted by atomic mass is 9.89. The van der Waals surface area contributed by atoms with Gasteiger partial charge in [-0.1, -0.05) is 23.2 Å². The number of aromatic nitrogens is 1. The van der Waals surface area contributed by atoms with Crippen LogP contribution in [0.1, 0.15) is 35.2 Å². The molecule has 1 saturated heterocycles. The van der Waals surface area contributed by atoms with Gasteiger partial charge in [-0.25, -0.2) is 5.32 Å². The summed E-state index contributed by atoms with van der Waals surface area (Å²) in [5.41, 5.74) is 7.91. The van der Waals surface area contributed by atoms with Crippen molar-refractivity contribution in [3.05, 3.63) is 67.9 Å².